The fraction of sp³-hybridized carbons (Fsp3) is 0.318. The van der Waals surface area contributed by atoms with E-state index in [2.05, 4.69) is 10.3 Å². The summed E-state index contributed by atoms with van der Waals surface area (Å²) in [4.78, 5) is 17.0. The van der Waals surface area contributed by atoms with Gasteiger partial charge in [-0.3, -0.25) is 10.1 Å². The van der Waals surface area contributed by atoms with Crippen LogP contribution in [0.4, 0.5) is 14.7 Å². The fourth-order valence-corrected chi connectivity index (χ4v) is 3.78. The molecule has 1 amide bonds. The van der Waals surface area contributed by atoms with Crippen LogP contribution in [0.15, 0.2) is 36.4 Å². The zero-order chi connectivity index (χ0) is 21.5. The summed E-state index contributed by atoms with van der Waals surface area (Å²) in [5.74, 6) is -1.61. The van der Waals surface area contributed by atoms with Gasteiger partial charge in [0.1, 0.15) is 17.7 Å². The van der Waals surface area contributed by atoms with Crippen LogP contribution in [0.1, 0.15) is 49.8 Å². The molecule has 0 saturated heterocycles. The van der Waals surface area contributed by atoms with Crippen molar-refractivity contribution in [1.82, 2.24) is 9.55 Å². The lowest BCUT2D eigenvalue weighted by atomic mass is 9.91. The molecule has 1 fully saturated rings. The number of nitrogens with one attached hydrogen (secondary N) is 1. The Morgan fingerprint density at radius 1 is 1.33 bits per heavy atom. The smallest absolute Gasteiger partial charge is 0.229 e. The van der Waals surface area contributed by atoms with Gasteiger partial charge in [-0.15, -0.1) is 0 Å². The third-order valence-electron chi connectivity index (χ3n) is 5.55. The summed E-state index contributed by atoms with van der Waals surface area (Å²) in [6.07, 6.45) is 2.38. The number of carbonyl (C=O) groups is 1. The van der Waals surface area contributed by atoms with Crippen molar-refractivity contribution in [3.8, 4) is 6.07 Å². The molecule has 0 spiro atoms. The number of halogens is 2. The Balaban J connectivity index is 1.65. The van der Waals surface area contributed by atoms with Crippen molar-refractivity contribution in [2.24, 2.45) is 0 Å². The number of hydrogen-bond acceptors (Lipinski definition) is 4. The standard InChI is InChI=1S/C22H20F2N4O2/c1-22(30,15-7-2-3-8-16(15)23)11-20(29)27-21-26-18-10-17(24)13(12-25)9-19(18)28(21)14-5-4-6-14/h2-3,7-10,14,30H,4-6,11H2,1H3,(H,26,27,29)/t22-/m0/s1. The zero-order valence-electron chi connectivity index (χ0n) is 16.3. The Hall–Kier alpha value is -3.31. The number of aromatic nitrogens is 2. The average molecular weight is 410 g/mol. The highest BCUT2D eigenvalue weighted by atomic mass is 19.1. The first-order chi connectivity index (χ1) is 14.3. The zero-order valence-corrected chi connectivity index (χ0v) is 16.3. The minimum atomic E-state index is -1.72. The Bertz CT molecular complexity index is 1180. The van der Waals surface area contributed by atoms with Crippen molar-refractivity contribution in [2.45, 2.75) is 44.2 Å². The van der Waals surface area contributed by atoms with E-state index in [1.54, 1.807) is 10.6 Å². The van der Waals surface area contributed by atoms with Gasteiger partial charge in [-0.1, -0.05) is 18.2 Å². The maximum absolute atomic E-state index is 14.1. The van der Waals surface area contributed by atoms with Gasteiger partial charge in [-0.05, 0) is 38.3 Å². The van der Waals surface area contributed by atoms with E-state index >= 15 is 0 Å². The summed E-state index contributed by atoms with van der Waals surface area (Å²) in [6.45, 7) is 1.37. The van der Waals surface area contributed by atoms with E-state index in [4.69, 9.17) is 5.26 Å². The van der Waals surface area contributed by atoms with Crippen LogP contribution < -0.4 is 5.32 Å². The number of hydrogen-bond donors (Lipinski definition) is 2. The molecule has 1 saturated carbocycles. The maximum Gasteiger partial charge on any atom is 0.229 e. The first-order valence-corrected chi connectivity index (χ1v) is 9.69. The summed E-state index contributed by atoms with van der Waals surface area (Å²) in [5, 5.41) is 22.5. The summed E-state index contributed by atoms with van der Waals surface area (Å²) in [7, 11) is 0. The number of fused-ring (bicyclic) bond motifs is 1. The molecule has 1 heterocycles. The lowest BCUT2D eigenvalue weighted by Gasteiger charge is -2.29. The van der Waals surface area contributed by atoms with Crippen molar-refractivity contribution in [3.63, 3.8) is 0 Å². The van der Waals surface area contributed by atoms with Gasteiger partial charge in [0.15, 0.2) is 0 Å². The molecule has 2 aromatic carbocycles. The quantitative estimate of drug-likeness (QED) is 0.661. The number of nitriles is 1. The number of anilines is 1. The number of aliphatic hydroxyl groups is 1. The number of carbonyl (C=O) groups excluding carboxylic acids is 1. The maximum atomic E-state index is 14.1. The van der Waals surface area contributed by atoms with Crippen molar-refractivity contribution in [1.29, 1.82) is 5.26 Å². The summed E-state index contributed by atoms with van der Waals surface area (Å²) < 4.78 is 29.9. The second-order valence-corrected chi connectivity index (χ2v) is 7.80. The fourth-order valence-electron chi connectivity index (χ4n) is 3.78. The molecule has 0 bridgehead atoms. The summed E-state index contributed by atoms with van der Waals surface area (Å²) in [5.41, 5.74) is -0.900. The molecule has 8 heteroatoms. The van der Waals surface area contributed by atoms with Crippen LogP contribution in [0.25, 0.3) is 11.0 Å². The SMILES string of the molecule is C[C@](O)(CC(=O)Nc1nc2cc(F)c(C#N)cc2n1C1CCC1)c1ccccc1F. The van der Waals surface area contributed by atoms with Crippen molar-refractivity contribution < 1.29 is 18.7 Å². The lowest BCUT2D eigenvalue weighted by molar-refractivity contribution is -0.120. The third-order valence-corrected chi connectivity index (χ3v) is 5.55. The van der Waals surface area contributed by atoms with E-state index in [-0.39, 0.29) is 29.5 Å². The monoisotopic (exact) mass is 410 g/mol. The molecule has 0 aliphatic heterocycles. The highest BCUT2D eigenvalue weighted by molar-refractivity contribution is 5.92. The van der Waals surface area contributed by atoms with Gasteiger partial charge < -0.3 is 9.67 Å². The van der Waals surface area contributed by atoms with Crippen LogP contribution in [0.5, 0.6) is 0 Å². The van der Waals surface area contributed by atoms with Crippen LogP contribution in [-0.4, -0.2) is 20.6 Å². The summed E-state index contributed by atoms with van der Waals surface area (Å²) in [6, 6.07) is 10.2. The molecule has 30 heavy (non-hydrogen) atoms. The van der Waals surface area contributed by atoms with E-state index in [9.17, 15) is 18.7 Å². The second-order valence-electron chi connectivity index (χ2n) is 7.80. The molecule has 1 aliphatic rings. The number of nitrogens with zero attached hydrogens (tertiary/aromatic N) is 3. The first-order valence-electron chi connectivity index (χ1n) is 9.69. The highest BCUT2D eigenvalue weighted by Crippen LogP contribution is 2.38. The van der Waals surface area contributed by atoms with Gasteiger partial charge in [-0.25, -0.2) is 13.8 Å². The van der Waals surface area contributed by atoms with E-state index in [0.717, 1.165) is 19.3 Å². The predicted molar refractivity (Wildman–Crippen MR) is 107 cm³/mol. The van der Waals surface area contributed by atoms with E-state index in [1.165, 1.54) is 37.3 Å². The summed E-state index contributed by atoms with van der Waals surface area (Å²) >= 11 is 0. The van der Waals surface area contributed by atoms with Gasteiger partial charge >= 0.3 is 0 Å². The molecule has 0 unspecified atom stereocenters. The van der Waals surface area contributed by atoms with Gasteiger partial charge in [0.2, 0.25) is 11.9 Å². The number of benzene rings is 2. The average Bonchev–Trinajstić information content (AvgIpc) is 2.95. The molecular formula is C22H20F2N4O2. The molecular weight excluding hydrogens is 390 g/mol. The van der Waals surface area contributed by atoms with E-state index in [0.29, 0.717) is 11.0 Å². The Morgan fingerprint density at radius 2 is 2.07 bits per heavy atom. The van der Waals surface area contributed by atoms with E-state index < -0.39 is 23.1 Å². The van der Waals surface area contributed by atoms with Gasteiger partial charge in [0.25, 0.3) is 0 Å². The van der Waals surface area contributed by atoms with E-state index in [1.807, 2.05) is 6.07 Å². The molecule has 1 aliphatic carbocycles. The molecule has 4 rings (SSSR count). The molecule has 2 N–H and O–H groups in total. The van der Waals surface area contributed by atoms with Gasteiger partial charge in [0, 0.05) is 17.7 Å². The molecule has 6 nitrogen and oxygen atoms in total. The second kappa shape index (κ2) is 7.50. The van der Waals surface area contributed by atoms with Crippen molar-refractivity contribution >= 4 is 22.9 Å². The highest BCUT2D eigenvalue weighted by Gasteiger charge is 2.31. The van der Waals surface area contributed by atoms with Crippen LogP contribution in [0.2, 0.25) is 0 Å². The van der Waals surface area contributed by atoms with Crippen LogP contribution in [0, 0.1) is 23.0 Å². The number of imidazole rings is 1. The largest absolute Gasteiger partial charge is 0.385 e. The Kier molecular flexibility index (Phi) is 5.00. The van der Waals surface area contributed by atoms with Gasteiger partial charge in [-0.2, -0.15) is 5.26 Å². The van der Waals surface area contributed by atoms with Crippen LogP contribution in [-0.2, 0) is 10.4 Å². The number of rotatable bonds is 5. The minimum absolute atomic E-state index is 0.0216. The Morgan fingerprint density at radius 3 is 2.70 bits per heavy atom. The van der Waals surface area contributed by atoms with Crippen LogP contribution >= 0.6 is 0 Å². The topological polar surface area (TPSA) is 90.9 Å². The molecule has 3 aromatic rings. The normalized spacial score (nSPS) is 16.0. The molecule has 1 aromatic heterocycles. The van der Waals surface area contributed by atoms with Crippen molar-refractivity contribution in [2.75, 3.05) is 5.32 Å². The van der Waals surface area contributed by atoms with Crippen molar-refractivity contribution in [3.05, 3.63) is 59.2 Å². The molecule has 0 radical (unpaired) electrons. The Labute approximate surface area is 171 Å². The number of amides is 1. The predicted octanol–water partition coefficient (Wildman–Crippen LogP) is 4.15. The van der Waals surface area contributed by atoms with Gasteiger partial charge in [0.05, 0.1) is 28.6 Å². The molecule has 154 valence electrons. The lowest BCUT2D eigenvalue weighted by Crippen LogP contribution is -2.30. The molecule has 1 atom stereocenters. The third kappa shape index (κ3) is 3.53. The first kappa shape index (κ1) is 20.0. The van der Waals surface area contributed by atoms with Crippen LogP contribution in [0.3, 0.4) is 0 Å². The minimum Gasteiger partial charge on any atom is -0.385 e.